The van der Waals surface area contributed by atoms with E-state index in [1.165, 1.54) is 17.4 Å². The third kappa shape index (κ3) is 5.18. The fourth-order valence-electron chi connectivity index (χ4n) is 5.39. The van der Waals surface area contributed by atoms with Crippen LogP contribution in [-0.2, 0) is 11.2 Å². The summed E-state index contributed by atoms with van der Waals surface area (Å²) in [4.78, 5) is 50.3. The SMILES string of the molecule is C=CC(=O)NC(S)C1CCC[C@H]1NC(=O)c1sc2[n+]#ccc3c2c1NC(=O)N3c1cnc(CC(C)C)cc1C. The summed E-state index contributed by atoms with van der Waals surface area (Å²) in [7, 11) is 0. The van der Waals surface area contributed by atoms with E-state index in [0.29, 0.717) is 38.1 Å². The Labute approximate surface area is 236 Å². The summed E-state index contributed by atoms with van der Waals surface area (Å²) in [5.41, 5.74) is 3.62. The summed E-state index contributed by atoms with van der Waals surface area (Å²) in [5, 5.41) is 9.14. The highest BCUT2D eigenvalue weighted by atomic mass is 32.1. The highest BCUT2D eigenvalue weighted by molar-refractivity contribution is 7.80. The lowest BCUT2D eigenvalue weighted by Crippen LogP contribution is -2.45. The van der Waals surface area contributed by atoms with Gasteiger partial charge in [0.05, 0.1) is 34.7 Å². The van der Waals surface area contributed by atoms with Gasteiger partial charge in [0.1, 0.15) is 10.3 Å². The van der Waals surface area contributed by atoms with E-state index in [0.717, 1.165) is 36.9 Å². The van der Waals surface area contributed by atoms with E-state index in [-0.39, 0.29) is 29.8 Å². The molecule has 11 heteroatoms. The van der Waals surface area contributed by atoms with Crippen LogP contribution in [0.5, 0.6) is 0 Å². The van der Waals surface area contributed by atoms with Gasteiger partial charge in [0, 0.05) is 17.7 Å². The van der Waals surface area contributed by atoms with Gasteiger partial charge in [-0.1, -0.05) is 26.8 Å². The molecule has 2 aliphatic rings. The second kappa shape index (κ2) is 10.9. The number of hydrogen-bond donors (Lipinski definition) is 4. The molecule has 202 valence electrons. The number of pyridine rings is 1. The maximum atomic E-state index is 13.5. The molecule has 0 bridgehead atoms. The molecule has 1 saturated carbocycles. The summed E-state index contributed by atoms with van der Waals surface area (Å²) in [5.74, 6) is -0.162. The Morgan fingerprint density at radius 2 is 2.18 bits per heavy atom. The van der Waals surface area contributed by atoms with Crippen LogP contribution in [0.3, 0.4) is 0 Å². The average Bonchev–Trinajstić information content (AvgIpc) is 3.50. The summed E-state index contributed by atoms with van der Waals surface area (Å²) in [6, 6.07) is 3.13. The smallest absolute Gasteiger partial charge is 0.348 e. The Morgan fingerprint density at radius 1 is 1.38 bits per heavy atom. The minimum Gasteiger partial charge on any atom is -0.348 e. The molecular formula is C28H31N6O3S2+. The van der Waals surface area contributed by atoms with Crippen molar-refractivity contribution in [3.05, 3.63) is 53.3 Å². The van der Waals surface area contributed by atoms with Gasteiger partial charge in [-0.15, -0.1) is 0 Å². The predicted octanol–water partition coefficient (Wildman–Crippen LogP) is 4.34. The molecule has 4 amide bonds. The molecule has 1 aliphatic carbocycles. The molecule has 0 saturated heterocycles. The number of amides is 4. The van der Waals surface area contributed by atoms with Gasteiger partial charge in [-0.2, -0.15) is 12.6 Å². The molecule has 3 atom stereocenters. The normalized spacial score (nSPS) is 19.0. The van der Waals surface area contributed by atoms with Gasteiger partial charge in [0.25, 0.3) is 5.91 Å². The van der Waals surface area contributed by atoms with Crippen LogP contribution in [0.25, 0.3) is 10.2 Å². The minimum absolute atomic E-state index is 0.0341. The molecule has 5 rings (SSSR count). The predicted molar refractivity (Wildman–Crippen MR) is 155 cm³/mol. The first kappa shape index (κ1) is 27.0. The van der Waals surface area contributed by atoms with Gasteiger partial charge in [-0.25, -0.2) is 4.79 Å². The highest BCUT2D eigenvalue weighted by Gasteiger charge is 2.39. The molecule has 1 fully saturated rings. The molecule has 4 heterocycles. The first-order valence-electron chi connectivity index (χ1n) is 13.0. The summed E-state index contributed by atoms with van der Waals surface area (Å²) < 4.78 is 0. The number of nitrogens with one attached hydrogen (secondary N) is 3. The zero-order valence-electron chi connectivity index (χ0n) is 22.1. The number of nitrogens with zero attached hydrogens (tertiary/aromatic N) is 3. The van der Waals surface area contributed by atoms with Crippen molar-refractivity contribution in [2.45, 2.75) is 57.9 Å². The fourth-order valence-corrected chi connectivity index (χ4v) is 6.88. The van der Waals surface area contributed by atoms with Gasteiger partial charge >= 0.3 is 17.1 Å². The van der Waals surface area contributed by atoms with Crippen molar-refractivity contribution in [3.63, 3.8) is 0 Å². The van der Waals surface area contributed by atoms with E-state index in [4.69, 9.17) is 0 Å². The number of carbonyl (C=O) groups is 3. The summed E-state index contributed by atoms with van der Waals surface area (Å²) in [6.45, 7) is 9.73. The van der Waals surface area contributed by atoms with Crippen LogP contribution in [0.15, 0.2) is 31.0 Å². The highest BCUT2D eigenvalue weighted by Crippen LogP contribution is 2.45. The van der Waals surface area contributed by atoms with Gasteiger partial charge in [0.15, 0.2) is 0 Å². The third-order valence-corrected chi connectivity index (χ3v) is 8.75. The minimum atomic E-state index is -0.413. The van der Waals surface area contributed by atoms with Crippen molar-refractivity contribution < 1.29 is 19.4 Å². The lowest BCUT2D eigenvalue weighted by Gasteiger charge is -2.28. The Bertz CT molecular complexity index is 1470. The summed E-state index contributed by atoms with van der Waals surface area (Å²) >= 11 is 5.78. The average molecular weight is 564 g/mol. The number of carbonyl (C=O) groups excluding carboxylic acids is 3. The molecular weight excluding hydrogens is 532 g/mol. The van der Waals surface area contributed by atoms with Crippen molar-refractivity contribution in [2.75, 3.05) is 10.2 Å². The van der Waals surface area contributed by atoms with Crippen molar-refractivity contribution in [1.29, 1.82) is 0 Å². The molecule has 3 N–H and O–H groups in total. The third-order valence-electron chi connectivity index (χ3n) is 7.16. The molecule has 0 spiro atoms. The van der Waals surface area contributed by atoms with E-state index < -0.39 is 5.37 Å². The fraction of sp³-hybridized carbons (Fsp3) is 0.393. The monoisotopic (exact) mass is 563 g/mol. The number of aromatic nitrogens is 2. The first-order chi connectivity index (χ1) is 18.7. The van der Waals surface area contributed by atoms with Gasteiger partial charge in [-0.05, 0) is 66.1 Å². The van der Waals surface area contributed by atoms with Crippen LogP contribution in [0.4, 0.5) is 21.9 Å². The zero-order chi connectivity index (χ0) is 27.8. The Balaban J connectivity index is 1.45. The van der Waals surface area contributed by atoms with E-state index >= 15 is 0 Å². The lowest BCUT2D eigenvalue weighted by molar-refractivity contribution is -0.255. The molecule has 2 unspecified atom stereocenters. The maximum Gasteiger partial charge on any atom is 0.408 e. The Morgan fingerprint density at radius 3 is 2.90 bits per heavy atom. The number of thiol groups is 1. The quantitative estimate of drug-likeness (QED) is 0.185. The van der Waals surface area contributed by atoms with Gasteiger partial charge in [0.2, 0.25) is 5.91 Å². The van der Waals surface area contributed by atoms with Crippen molar-refractivity contribution >= 4 is 69.1 Å². The lowest BCUT2D eigenvalue weighted by atomic mass is 10.0. The summed E-state index contributed by atoms with van der Waals surface area (Å²) in [6.07, 6.45) is 9.18. The van der Waals surface area contributed by atoms with Crippen molar-refractivity contribution in [2.24, 2.45) is 11.8 Å². The number of aryl methyl sites for hydroxylation is 1. The van der Waals surface area contributed by atoms with Crippen LogP contribution in [0.2, 0.25) is 0 Å². The largest absolute Gasteiger partial charge is 0.408 e. The second-order valence-electron chi connectivity index (χ2n) is 10.4. The van der Waals surface area contributed by atoms with Gasteiger partial charge in [-0.3, -0.25) is 19.5 Å². The maximum absolute atomic E-state index is 13.5. The topological polar surface area (TPSA) is 118 Å². The molecule has 0 radical (unpaired) electrons. The first-order valence-corrected chi connectivity index (χ1v) is 14.3. The Hall–Kier alpha value is -3.62. The van der Waals surface area contributed by atoms with E-state index in [2.05, 4.69) is 65.2 Å². The van der Waals surface area contributed by atoms with Crippen LogP contribution in [-0.4, -0.2) is 34.2 Å². The van der Waals surface area contributed by atoms with Gasteiger partial charge < -0.3 is 16.0 Å². The molecule has 9 nitrogen and oxygen atoms in total. The standard InChI is InChI=1S/C28H30N6O3S2/c1-5-21(35)32-26(38)17-7-6-8-18(17)31-25(36)24-23-22-19(9-10-29-27(22)39-24)34(28(37)33-23)20-13-30-16(11-14(2)3)12-15(20)4/h5,9,12-14,17-18,26H,1,6-8,11H2,2-4H3,(H3-,31,32,33,35,36,37,38)/p+1/t17?,18-,26?/m1/s1. The number of hydrogen-bond acceptors (Lipinski definition) is 6. The van der Waals surface area contributed by atoms with Crippen molar-refractivity contribution in [1.82, 2.24) is 15.6 Å². The molecule has 1 aliphatic heterocycles. The molecule has 3 aromatic rings. The second-order valence-corrected chi connectivity index (χ2v) is 12.0. The number of anilines is 3. The number of urea groups is 1. The van der Waals surface area contributed by atoms with Crippen LogP contribution in [0.1, 0.15) is 54.0 Å². The molecule has 3 aromatic heterocycles. The van der Waals surface area contributed by atoms with E-state index in [1.807, 2.05) is 13.0 Å². The number of rotatable bonds is 8. The van der Waals surface area contributed by atoms with Crippen molar-refractivity contribution in [3.8, 4) is 0 Å². The Kier molecular flexibility index (Phi) is 7.51. The van der Waals surface area contributed by atoms with E-state index in [1.54, 1.807) is 17.2 Å². The molecule has 39 heavy (non-hydrogen) atoms. The van der Waals surface area contributed by atoms with Crippen LogP contribution >= 0.6 is 24.0 Å². The number of thiophene rings is 1. The zero-order valence-corrected chi connectivity index (χ0v) is 23.8. The molecule has 0 aromatic carbocycles. The van der Waals surface area contributed by atoms with Crippen LogP contribution in [0, 0.1) is 25.0 Å². The van der Waals surface area contributed by atoms with Crippen LogP contribution < -0.4 is 25.8 Å². The van der Waals surface area contributed by atoms with E-state index in [9.17, 15) is 14.4 Å².